The van der Waals surface area contributed by atoms with Crippen molar-refractivity contribution in [2.24, 2.45) is 0 Å². The molecule has 2 aromatic carbocycles. The number of benzene rings is 2. The first-order valence-electron chi connectivity index (χ1n) is 11.9. The van der Waals surface area contributed by atoms with Crippen molar-refractivity contribution < 1.29 is 13.2 Å². The number of hydrogen-bond donors (Lipinski definition) is 0. The fourth-order valence-electron chi connectivity index (χ4n) is 4.94. The molecule has 34 heavy (non-hydrogen) atoms. The molecular formula is C26H34N4O3S. The molecule has 0 spiro atoms. The van der Waals surface area contributed by atoms with E-state index in [-0.39, 0.29) is 29.5 Å². The van der Waals surface area contributed by atoms with Crippen molar-refractivity contribution in [1.29, 1.82) is 0 Å². The van der Waals surface area contributed by atoms with Crippen molar-refractivity contribution in [3.8, 4) is 0 Å². The second-order valence-electron chi connectivity index (χ2n) is 9.32. The summed E-state index contributed by atoms with van der Waals surface area (Å²) in [4.78, 5) is 17.5. The van der Waals surface area contributed by atoms with Crippen molar-refractivity contribution in [3.05, 3.63) is 59.4 Å². The van der Waals surface area contributed by atoms with Gasteiger partial charge in [0.15, 0.2) is 9.84 Å². The van der Waals surface area contributed by atoms with Gasteiger partial charge < -0.3 is 4.90 Å². The topological polar surface area (TPSA) is 75.5 Å². The smallest absolute Gasteiger partial charge is 0.244 e. The second-order valence-corrected chi connectivity index (χ2v) is 11.6. The van der Waals surface area contributed by atoms with Crippen LogP contribution in [0, 0.1) is 13.8 Å². The number of carbonyl (C=O) groups is 1. The molecule has 182 valence electrons. The molecule has 2 heterocycles. The van der Waals surface area contributed by atoms with Gasteiger partial charge in [-0.15, -0.1) is 0 Å². The van der Waals surface area contributed by atoms with Crippen LogP contribution in [0.5, 0.6) is 0 Å². The lowest BCUT2D eigenvalue weighted by Crippen LogP contribution is -2.45. The Hall–Kier alpha value is -2.71. The number of aryl methyl sites for hydroxylation is 1. The Morgan fingerprint density at radius 3 is 2.56 bits per heavy atom. The predicted molar refractivity (Wildman–Crippen MR) is 137 cm³/mol. The first-order chi connectivity index (χ1) is 16.1. The van der Waals surface area contributed by atoms with E-state index in [1.54, 1.807) is 0 Å². The maximum Gasteiger partial charge on any atom is 0.244 e. The summed E-state index contributed by atoms with van der Waals surface area (Å²) in [5.74, 6) is 0.416. The number of likely N-dealkylation sites (N-methyl/N-ethyl adjacent to an activating group) is 2. The van der Waals surface area contributed by atoms with Gasteiger partial charge in [-0.2, -0.15) is 5.10 Å². The van der Waals surface area contributed by atoms with Crippen LogP contribution in [0.25, 0.3) is 10.8 Å². The average molecular weight is 483 g/mol. The van der Waals surface area contributed by atoms with Gasteiger partial charge in [0.2, 0.25) is 5.91 Å². The van der Waals surface area contributed by atoms with E-state index < -0.39 is 9.84 Å². The highest BCUT2D eigenvalue weighted by Gasteiger charge is 2.32. The molecule has 8 heteroatoms. The lowest BCUT2D eigenvalue weighted by atomic mass is 10.1. The Morgan fingerprint density at radius 1 is 1.18 bits per heavy atom. The number of amides is 1. The molecule has 0 unspecified atom stereocenters. The number of sulfone groups is 1. The van der Waals surface area contributed by atoms with Gasteiger partial charge in [-0.25, -0.2) is 8.42 Å². The first-order valence-corrected chi connectivity index (χ1v) is 13.7. The summed E-state index contributed by atoms with van der Waals surface area (Å²) >= 11 is 0. The van der Waals surface area contributed by atoms with E-state index in [0.717, 1.165) is 33.4 Å². The molecule has 1 amide bonds. The number of rotatable bonds is 7. The largest absolute Gasteiger partial charge is 0.311 e. The van der Waals surface area contributed by atoms with Gasteiger partial charge in [0.05, 0.1) is 35.0 Å². The highest BCUT2D eigenvalue weighted by molar-refractivity contribution is 7.91. The maximum absolute atomic E-state index is 13.6. The molecule has 0 radical (unpaired) electrons. The molecule has 1 aliphatic heterocycles. The molecule has 7 nitrogen and oxygen atoms in total. The van der Waals surface area contributed by atoms with Crippen molar-refractivity contribution in [2.45, 2.75) is 52.7 Å². The first kappa shape index (κ1) is 24.4. The molecule has 3 aromatic rings. The molecule has 4 rings (SSSR count). The van der Waals surface area contributed by atoms with Crippen LogP contribution in [0.3, 0.4) is 0 Å². The second kappa shape index (κ2) is 9.50. The predicted octanol–water partition coefficient (Wildman–Crippen LogP) is 3.89. The summed E-state index contributed by atoms with van der Waals surface area (Å²) in [6.07, 6.45) is 0.602. The Morgan fingerprint density at radius 2 is 1.88 bits per heavy atom. The molecule has 1 saturated heterocycles. The highest BCUT2D eigenvalue weighted by atomic mass is 32.2. The van der Waals surface area contributed by atoms with Crippen molar-refractivity contribution in [1.82, 2.24) is 14.7 Å². The van der Waals surface area contributed by atoms with Gasteiger partial charge >= 0.3 is 0 Å². The van der Waals surface area contributed by atoms with Crippen LogP contribution >= 0.6 is 0 Å². The molecule has 0 aliphatic carbocycles. The summed E-state index contributed by atoms with van der Waals surface area (Å²) in [5, 5.41) is 6.85. The van der Waals surface area contributed by atoms with Crippen LogP contribution in [-0.2, 0) is 21.2 Å². The van der Waals surface area contributed by atoms with E-state index in [0.29, 0.717) is 19.5 Å². The van der Waals surface area contributed by atoms with Crippen LogP contribution in [-0.4, -0.2) is 60.1 Å². The molecule has 1 fully saturated rings. The monoisotopic (exact) mass is 482 g/mol. The summed E-state index contributed by atoms with van der Waals surface area (Å²) in [6.45, 7) is 9.04. The molecule has 1 aromatic heterocycles. The molecule has 0 bridgehead atoms. The zero-order chi connectivity index (χ0) is 24.6. The standard InChI is InChI=1S/C26H34N4O3S/c1-6-29(25-13-9-11-21-10-7-8-12-23(21)25)26(31)20(4)28(5)16-24-18(2)27-30(19(24)3)22-14-15-34(32,33)17-22/h7-13,20,22H,6,14-17H2,1-5H3/t20-,22+/m1/s1. The Balaban J connectivity index is 1.54. The zero-order valence-electron chi connectivity index (χ0n) is 20.7. The number of aromatic nitrogens is 2. The third-order valence-electron chi connectivity index (χ3n) is 7.09. The van der Waals surface area contributed by atoms with Gasteiger partial charge in [-0.1, -0.05) is 36.4 Å². The quantitative estimate of drug-likeness (QED) is 0.511. The lowest BCUT2D eigenvalue weighted by molar-refractivity contribution is -0.122. The van der Waals surface area contributed by atoms with E-state index in [9.17, 15) is 13.2 Å². The lowest BCUT2D eigenvalue weighted by Gasteiger charge is -2.30. The van der Waals surface area contributed by atoms with E-state index in [1.165, 1.54) is 0 Å². The zero-order valence-corrected chi connectivity index (χ0v) is 21.5. The van der Waals surface area contributed by atoms with Crippen molar-refractivity contribution in [3.63, 3.8) is 0 Å². The third kappa shape index (κ3) is 4.61. The Bertz CT molecular complexity index is 1310. The molecule has 0 N–H and O–H groups in total. The van der Waals surface area contributed by atoms with Gasteiger partial charge in [0.25, 0.3) is 0 Å². The van der Waals surface area contributed by atoms with Crippen LogP contribution in [0.1, 0.15) is 43.3 Å². The highest BCUT2D eigenvalue weighted by Crippen LogP contribution is 2.29. The maximum atomic E-state index is 13.6. The number of carbonyl (C=O) groups excluding carboxylic acids is 1. The van der Waals surface area contributed by atoms with Crippen LogP contribution < -0.4 is 4.90 Å². The van der Waals surface area contributed by atoms with Gasteiger partial charge in [0, 0.05) is 29.7 Å². The molecular weight excluding hydrogens is 448 g/mol. The number of anilines is 1. The summed E-state index contributed by atoms with van der Waals surface area (Å²) in [6, 6.07) is 13.7. The normalized spacial score (nSPS) is 18.5. The minimum Gasteiger partial charge on any atom is -0.311 e. The molecule has 2 atom stereocenters. The Labute approximate surface area is 202 Å². The third-order valence-corrected chi connectivity index (χ3v) is 8.85. The summed E-state index contributed by atoms with van der Waals surface area (Å²) in [7, 11) is -1.03. The molecule has 1 aliphatic rings. The number of nitrogens with zero attached hydrogens (tertiary/aromatic N) is 4. The SMILES string of the molecule is CCN(C(=O)[C@@H](C)N(C)Cc1c(C)nn([C@H]2CCS(=O)(=O)C2)c1C)c1cccc2ccccc12. The van der Waals surface area contributed by atoms with Gasteiger partial charge in [-0.3, -0.25) is 14.4 Å². The Kier molecular flexibility index (Phi) is 6.82. The fourth-order valence-corrected chi connectivity index (χ4v) is 6.63. The van der Waals surface area contributed by atoms with Crippen molar-refractivity contribution in [2.75, 3.05) is 30.0 Å². The fraction of sp³-hybridized carbons (Fsp3) is 0.462. The van der Waals surface area contributed by atoms with E-state index in [1.807, 2.05) is 73.5 Å². The number of fused-ring (bicyclic) bond motifs is 1. The van der Waals surface area contributed by atoms with E-state index in [2.05, 4.69) is 23.3 Å². The number of hydrogen-bond acceptors (Lipinski definition) is 5. The van der Waals surface area contributed by atoms with Crippen LogP contribution in [0.15, 0.2) is 42.5 Å². The minimum atomic E-state index is -2.99. The summed E-state index contributed by atoms with van der Waals surface area (Å²) < 4.78 is 25.8. The molecule has 0 saturated carbocycles. The van der Waals surface area contributed by atoms with Crippen molar-refractivity contribution >= 4 is 32.2 Å². The minimum absolute atomic E-state index is 0.0472. The van der Waals surface area contributed by atoms with Gasteiger partial charge in [-0.05, 0) is 52.6 Å². The average Bonchev–Trinajstić information content (AvgIpc) is 3.32. The van der Waals surface area contributed by atoms with E-state index in [4.69, 9.17) is 0 Å². The summed E-state index contributed by atoms with van der Waals surface area (Å²) in [5.41, 5.74) is 3.84. The van der Waals surface area contributed by atoms with Gasteiger partial charge in [0.1, 0.15) is 0 Å². The van der Waals surface area contributed by atoms with Crippen LogP contribution in [0.4, 0.5) is 5.69 Å². The van der Waals surface area contributed by atoms with Crippen LogP contribution in [0.2, 0.25) is 0 Å². The van der Waals surface area contributed by atoms with E-state index >= 15 is 0 Å².